The summed E-state index contributed by atoms with van der Waals surface area (Å²) in [7, 11) is 0. The number of anilines is 1. The maximum absolute atomic E-state index is 5.76. The fraction of sp³-hybridized carbons (Fsp3) is 0.462. The molecule has 4 heteroatoms. The van der Waals surface area contributed by atoms with Gasteiger partial charge in [-0.3, -0.25) is 4.99 Å². The Kier molecular flexibility index (Phi) is 7.95. The first kappa shape index (κ1) is 16.2. The molecule has 0 radical (unpaired) electrons. The third-order valence-corrected chi connectivity index (χ3v) is 2.26. The molecule has 0 aliphatic rings. The van der Waals surface area contributed by atoms with Crippen LogP contribution in [-0.4, -0.2) is 12.5 Å². The number of aryl methyl sites for hydroxylation is 1. The standard InChI is InChI=1S/C13H21N3.HI/c1-4-11-5-7-12(8-6-11)16-13(14)15-9-10(2)3;/h5-8,10H,4,9H2,1-3H3,(H3,14,15,16);1H. The van der Waals surface area contributed by atoms with Crippen molar-refractivity contribution in [3.8, 4) is 0 Å². The van der Waals surface area contributed by atoms with Crippen molar-refractivity contribution >= 4 is 35.6 Å². The number of hydrogen-bond donors (Lipinski definition) is 2. The van der Waals surface area contributed by atoms with Crippen LogP contribution in [-0.2, 0) is 6.42 Å². The Morgan fingerprint density at radius 2 is 1.88 bits per heavy atom. The zero-order valence-electron chi connectivity index (χ0n) is 10.7. The number of benzene rings is 1. The van der Waals surface area contributed by atoms with E-state index in [4.69, 9.17) is 5.73 Å². The number of hydrogen-bond acceptors (Lipinski definition) is 1. The summed E-state index contributed by atoms with van der Waals surface area (Å²) >= 11 is 0. The summed E-state index contributed by atoms with van der Waals surface area (Å²) in [5, 5.41) is 3.08. The molecule has 96 valence electrons. The van der Waals surface area contributed by atoms with Crippen molar-refractivity contribution in [1.82, 2.24) is 0 Å². The molecular weight excluding hydrogens is 325 g/mol. The number of aliphatic imine (C=N–C) groups is 1. The largest absolute Gasteiger partial charge is 0.370 e. The fourth-order valence-electron chi connectivity index (χ4n) is 1.29. The molecule has 3 N–H and O–H groups in total. The average Bonchev–Trinajstić information content (AvgIpc) is 2.27. The number of guanidine groups is 1. The van der Waals surface area contributed by atoms with Gasteiger partial charge in [0.1, 0.15) is 0 Å². The summed E-state index contributed by atoms with van der Waals surface area (Å²) in [6.07, 6.45) is 1.05. The third-order valence-electron chi connectivity index (χ3n) is 2.26. The maximum Gasteiger partial charge on any atom is 0.193 e. The molecule has 0 aromatic heterocycles. The summed E-state index contributed by atoms with van der Waals surface area (Å²) in [5.41, 5.74) is 8.07. The van der Waals surface area contributed by atoms with Crippen molar-refractivity contribution in [2.75, 3.05) is 11.9 Å². The highest BCUT2D eigenvalue weighted by Crippen LogP contribution is 2.09. The molecule has 1 aromatic carbocycles. The molecule has 0 aliphatic heterocycles. The van der Waals surface area contributed by atoms with Gasteiger partial charge in [-0.15, -0.1) is 24.0 Å². The molecule has 0 unspecified atom stereocenters. The van der Waals surface area contributed by atoms with Crippen LogP contribution in [0.2, 0.25) is 0 Å². The number of rotatable bonds is 4. The lowest BCUT2D eigenvalue weighted by molar-refractivity contribution is 0.665. The molecule has 0 bridgehead atoms. The Hall–Kier alpha value is -0.780. The zero-order chi connectivity index (χ0) is 12.0. The van der Waals surface area contributed by atoms with Crippen LogP contribution in [0.1, 0.15) is 26.3 Å². The number of nitrogens with two attached hydrogens (primary N) is 1. The Balaban J connectivity index is 0.00000256. The Labute approximate surface area is 121 Å². The van der Waals surface area contributed by atoms with Gasteiger partial charge in [-0.2, -0.15) is 0 Å². The van der Waals surface area contributed by atoms with Gasteiger partial charge in [0.05, 0.1) is 0 Å². The molecule has 0 saturated carbocycles. The minimum Gasteiger partial charge on any atom is -0.370 e. The van der Waals surface area contributed by atoms with Crippen molar-refractivity contribution in [2.24, 2.45) is 16.6 Å². The monoisotopic (exact) mass is 347 g/mol. The molecule has 1 rings (SSSR count). The van der Waals surface area contributed by atoms with Gasteiger partial charge in [-0.1, -0.05) is 32.9 Å². The first-order valence-corrected chi connectivity index (χ1v) is 5.77. The summed E-state index contributed by atoms with van der Waals surface area (Å²) in [6.45, 7) is 7.13. The van der Waals surface area contributed by atoms with Gasteiger partial charge in [0.15, 0.2) is 5.96 Å². The smallest absolute Gasteiger partial charge is 0.193 e. The molecule has 0 aliphatic carbocycles. The number of nitrogens with one attached hydrogen (secondary N) is 1. The SMILES string of the molecule is CCc1ccc(NC(N)=NCC(C)C)cc1.I. The maximum atomic E-state index is 5.76. The van der Waals surface area contributed by atoms with Gasteiger partial charge in [0.2, 0.25) is 0 Å². The Bertz CT molecular complexity index is 344. The van der Waals surface area contributed by atoms with Crippen LogP contribution in [0.4, 0.5) is 5.69 Å². The van der Waals surface area contributed by atoms with Crippen molar-refractivity contribution in [2.45, 2.75) is 27.2 Å². The van der Waals surface area contributed by atoms with Crippen LogP contribution in [0.25, 0.3) is 0 Å². The van der Waals surface area contributed by atoms with Crippen molar-refractivity contribution in [3.05, 3.63) is 29.8 Å². The van der Waals surface area contributed by atoms with Gasteiger partial charge in [-0.25, -0.2) is 0 Å². The van der Waals surface area contributed by atoms with E-state index in [0.29, 0.717) is 11.9 Å². The predicted molar refractivity (Wildman–Crippen MR) is 86.2 cm³/mol. The minimum absolute atomic E-state index is 0. The molecule has 0 spiro atoms. The van der Waals surface area contributed by atoms with E-state index in [0.717, 1.165) is 18.7 Å². The van der Waals surface area contributed by atoms with Gasteiger partial charge in [-0.05, 0) is 30.0 Å². The highest BCUT2D eigenvalue weighted by atomic mass is 127. The van der Waals surface area contributed by atoms with Crippen LogP contribution >= 0.6 is 24.0 Å². The topological polar surface area (TPSA) is 50.4 Å². The van der Waals surface area contributed by atoms with Gasteiger partial charge in [0.25, 0.3) is 0 Å². The second-order valence-corrected chi connectivity index (χ2v) is 4.30. The summed E-state index contributed by atoms with van der Waals surface area (Å²) in [5.74, 6) is 1.01. The van der Waals surface area contributed by atoms with Crippen molar-refractivity contribution < 1.29 is 0 Å². The predicted octanol–water partition coefficient (Wildman–Crippen LogP) is 3.25. The van der Waals surface area contributed by atoms with E-state index >= 15 is 0 Å². The average molecular weight is 347 g/mol. The summed E-state index contributed by atoms with van der Waals surface area (Å²) in [6, 6.07) is 8.24. The van der Waals surface area contributed by atoms with Crippen LogP contribution in [0, 0.1) is 5.92 Å². The van der Waals surface area contributed by atoms with E-state index in [1.54, 1.807) is 0 Å². The van der Waals surface area contributed by atoms with E-state index in [-0.39, 0.29) is 24.0 Å². The van der Waals surface area contributed by atoms with Crippen LogP contribution in [0.5, 0.6) is 0 Å². The lowest BCUT2D eigenvalue weighted by Crippen LogP contribution is -2.23. The molecule has 0 fully saturated rings. The van der Waals surface area contributed by atoms with Crippen molar-refractivity contribution in [1.29, 1.82) is 0 Å². The number of nitrogens with zero attached hydrogens (tertiary/aromatic N) is 1. The molecule has 1 aromatic rings. The molecule has 0 atom stereocenters. The fourth-order valence-corrected chi connectivity index (χ4v) is 1.29. The van der Waals surface area contributed by atoms with Gasteiger partial charge in [0, 0.05) is 12.2 Å². The van der Waals surface area contributed by atoms with Crippen LogP contribution < -0.4 is 11.1 Å². The normalized spacial score (nSPS) is 11.2. The first-order valence-electron chi connectivity index (χ1n) is 5.77. The minimum atomic E-state index is 0. The Morgan fingerprint density at radius 1 is 1.29 bits per heavy atom. The zero-order valence-corrected chi connectivity index (χ0v) is 13.1. The highest BCUT2D eigenvalue weighted by molar-refractivity contribution is 14.0. The van der Waals surface area contributed by atoms with Gasteiger partial charge < -0.3 is 11.1 Å². The molecule has 17 heavy (non-hydrogen) atoms. The van der Waals surface area contributed by atoms with E-state index in [2.05, 4.69) is 43.2 Å². The third kappa shape index (κ3) is 6.51. The van der Waals surface area contributed by atoms with Crippen LogP contribution in [0.3, 0.4) is 0 Å². The summed E-state index contributed by atoms with van der Waals surface area (Å²) in [4.78, 5) is 4.24. The lowest BCUT2D eigenvalue weighted by atomic mass is 10.1. The molecule has 0 saturated heterocycles. The van der Waals surface area contributed by atoms with E-state index in [1.165, 1.54) is 5.56 Å². The van der Waals surface area contributed by atoms with E-state index in [1.807, 2.05) is 12.1 Å². The lowest BCUT2D eigenvalue weighted by Gasteiger charge is -2.07. The Morgan fingerprint density at radius 3 is 2.35 bits per heavy atom. The highest BCUT2D eigenvalue weighted by Gasteiger charge is 1.96. The molecule has 0 amide bonds. The van der Waals surface area contributed by atoms with Crippen molar-refractivity contribution in [3.63, 3.8) is 0 Å². The second-order valence-electron chi connectivity index (χ2n) is 4.30. The van der Waals surface area contributed by atoms with Gasteiger partial charge >= 0.3 is 0 Å². The van der Waals surface area contributed by atoms with E-state index < -0.39 is 0 Å². The van der Waals surface area contributed by atoms with E-state index in [9.17, 15) is 0 Å². The molecular formula is C13H22IN3. The quantitative estimate of drug-likeness (QED) is 0.499. The summed E-state index contributed by atoms with van der Waals surface area (Å²) < 4.78 is 0. The van der Waals surface area contributed by atoms with Crippen LogP contribution in [0.15, 0.2) is 29.3 Å². The first-order chi connectivity index (χ1) is 7.61. The second kappa shape index (κ2) is 8.33. The molecule has 0 heterocycles. The number of halogens is 1. The molecule has 3 nitrogen and oxygen atoms in total.